The van der Waals surface area contributed by atoms with Crippen LogP contribution in [0.25, 0.3) is 0 Å². The Bertz CT molecular complexity index is 672. The highest BCUT2D eigenvalue weighted by Gasteiger charge is 2.31. The normalized spacial score (nSPS) is 17.0. The van der Waals surface area contributed by atoms with Gasteiger partial charge in [-0.15, -0.1) is 11.8 Å². The van der Waals surface area contributed by atoms with Gasteiger partial charge in [-0.25, -0.2) is 0 Å². The second kappa shape index (κ2) is 9.04. The number of carbonyl (C=O) groups is 1. The SMILES string of the molecule is CCCCCCc1ccc(C(=O)N2CCSC2c2cccnc2)cc1. The van der Waals surface area contributed by atoms with E-state index in [-0.39, 0.29) is 11.3 Å². The molecule has 1 unspecified atom stereocenters. The van der Waals surface area contributed by atoms with E-state index in [0.717, 1.165) is 29.8 Å². The number of thioether (sulfide) groups is 1. The van der Waals surface area contributed by atoms with E-state index < -0.39 is 0 Å². The smallest absolute Gasteiger partial charge is 0.255 e. The molecule has 0 saturated carbocycles. The van der Waals surface area contributed by atoms with Gasteiger partial charge in [-0.3, -0.25) is 9.78 Å². The molecule has 0 bridgehead atoms. The van der Waals surface area contributed by atoms with E-state index in [0.29, 0.717) is 0 Å². The molecule has 132 valence electrons. The summed E-state index contributed by atoms with van der Waals surface area (Å²) in [5.41, 5.74) is 3.21. The summed E-state index contributed by atoms with van der Waals surface area (Å²) in [5.74, 6) is 1.09. The van der Waals surface area contributed by atoms with Gasteiger partial charge in [0.15, 0.2) is 0 Å². The van der Waals surface area contributed by atoms with Crippen LogP contribution in [-0.4, -0.2) is 28.1 Å². The zero-order valence-corrected chi connectivity index (χ0v) is 15.7. The van der Waals surface area contributed by atoms with E-state index in [1.807, 2.05) is 41.1 Å². The van der Waals surface area contributed by atoms with Crippen LogP contribution in [0.3, 0.4) is 0 Å². The van der Waals surface area contributed by atoms with Gasteiger partial charge in [0.05, 0.1) is 0 Å². The number of aromatic nitrogens is 1. The van der Waals surface area contributed by atoms with Crippen LogP contribution in [0, 0.1) is 0 Å². The molecule has 2 aromatic rings. The fourth-order valence-corrected chi connectivity index (χ4v) is 4.45. The van der Waals surface area contributed by atoms with Crippen LogP contribution in [0.4, 0.5) is 0 Å². The summed E-state index contributed by atoms with van der Waals surface area (Å²) in [6, 6.07) is 12.2. The molecule has 1 aliphatic rings. The van der Waals surface area contributed by atoms with E-state index in [9.17, 15) is 4.79 Å². The number of benzene rings is 1. The molecule has 1 saturated heterocycles. The number of amides is 1. The molecule has 0 N–H and O–H groups in total. The van der Waals surface area contributed by atoms with Gasteiger partial charge in [-0.1, -0.05) is 44.4 Å². The highest BCUT2D eigenvalue weighted by molar-refractivity contribution is 7.99. The van der Waals surface area contributed by atoms with Crippen molar-refractivity contribution in [1.82, 2.24) is 9.88 Å². The van der Waals surface area contributed by atoms with Crippen LogP contribution in [0.2, 0.25) is 0 Å². The lowest BCUT2D eigenvalue weighted by molar-refractivity contribution is 0.0760. The quantitative estimate of drug-likeness (QED) is 0.649. The lowest BCUT2D eigenvalue weighted by atomic mass is 10.0. The Kier molecular flexibility index (Phi) is 6.51. The molecule has 0 aliphatic carbocycles. The zero-order chi connectivity index (χ0) is 17.5. The molecule has 1 aliphatic heterocycles. The van der Waals surface area contributed by atoms with Gasteiger partial charge in [0.1, 0.15) is 5.37 Å². The largest absolute Gasteiger partial charge is 0.322 e. The summed E-state index contributed by atoms with van der Waals surface area (Å²) in [5, 5.41) is 0.0786. The summed E-state index contributed by atoms with van der Waals surface area (Å²) < 4.78 is 0. The number of rotatable bonds is 7. The molecule has 3 rings (SSSR count). The minimum atomic E-state index is 0.0786. The first-order chi connectivity index (χ1) is 12.3. The van der Waals surface area contributed by atoms with Gasteiger partial charge in [0, 0.05) is 35.8 Å². The average molecular weight is 355 g/mol. The van der Waals surface area contributed by atoms with Gasteiger partial charge in [0.25, 0.3) is 5.91 Å². The maximum Gasteiger partial charge on any atom is 0.255 e. The van der Waals surface area contributed by atoms with E-state index in [1.165, 1.54) is 31.2 Å². The van der Waals surface area contributed by atoms with E-state index in [4.69, 9.17) is 0 Å². The predicted molar refractivity (Wildman–Crippen MR) is 105 cm³/mol. The van der Waals surface area contributed by atoms with Crippen molar-refractivity contribution in [3.63, 3.8) is 0 Å². The van der Waals surface area contributed by atoms with Crippen molar-refractivity contribution in [2.24, 2.45) is 0 Å². The molecular formula is C21H26N2OS. The number of pyridine rings is 1. The summed E-state index contributed by atoms with van der Waals surface area (Å²) in [7, 11) is 0. The first-order valence-electron chi connectivity index (χ1n) is 9.21. The van der Waals surface area contributed by atoms with Crippen molar-refractivity contribution in [3.05, 3.63) is 65.5 Å². The molecule has 3 nitrogen and oxygen atoms in total. The summed E-state index contributed by atoms with van der Waals surface area (Å²) in [6.45, 7) is 3.03. The molecule has 1 aromatic heterocycles. The van der Waals surface area contributed by atoms with Crippen LogP contribution in [0.15, 0.2) is 48.8 Å². The molecular weight excluding hydrogens is 328 g/mol. The van der Waals surface area contributed by atoms with Gasteiger partial charge in [0.2, 0.25) is 0 Å². The lowest BCUT2D eigenvalue weighted by Crippen LogP contribution is -2.30. The third kappa shape index (κ3) is 4.63. The highest BCUT2D eigenvalue weighted by Crippen LogP contribution is 2.38. The molecule has 25 heavy (non-hydrogen) atoms. The molecule has 2 heterocycles. The minimum absolute atomic E-state index is 0.0786. The fraction of sp³-hybridized carbons (Fsp3) is 0.429. The first-order valence-corrected chi connectivity index (χ1v) is 10.3. The average Bonchev–Trinajstić information content (AvgIpc) is 3.16. The van der Waals surface area contributed by atoms with Crippen molar-refractivity contribution < 1.29 is 4.79 Å². The van der Waals surface area contributed by atoms with Crippen LogP contribution < -0.4 is 0 Å². The zero-order valence-electron chi connectivity index (χ0n) is 14.9. The third-order valence-electron chi connectivity index (χ3n) is 4.64. The van der Waals surface area contributed by atoms with Crippen LogP contribution >= 0.6 is 11.8 Å². The lowest BCUT2D eigenvalue weighted by Gasteiger charge is -2.24. The maximum absolute atomic E-state index is 12.9. The number of hydrogen-bond donors (Lipinski definition) is 0. The fourth-order valence-electron chi connectivity index (χ4n) is 3.21. The molecule has 1 fully saturated rings. The minimum Gasteiger partial charge on any atom is -0.322 e. The Morgan fingerprint density at radius 3 is 2.76 bits per heavy atom. The molecule has 1 atom stereocenters. The number of carbonyl (C=O) groups excluding carboxylic acids is 1. The molecule has 1 aromatic carbocycles. The molecule has 0 radical (unpaired) electrons. The van der Waals surface area contributed by atoms with Crippen LogP contribution in [0.1, 0.15) is 59.5 Å². The predicted octanol–water partition coefficient (Wildman–Crippen LogP) is 5.09. The Morgan fingerprint density at radius 1 is 1.20 bits per heavy atom. The van der Waals surface area contributed by atoms with Gasteiger partial charge < -0.3 is 4.90 Å². The molecule has 1 amide bonds. The summed E-state index contributed by atoms with van der Waals surface area (Å²) in [4.78, 5) is 19.1. The summed E-state index contributed by atoms with van der Waals surface area (Å²) in [6.07, 6.45) is 9.82. The third-order valence-corrected chi connectivity index (χ3v) is 5.90. The van der Waals surface area contributed by atoms with E-state index in [2.05, 4.69) is 30.1 Å². The standard InChI is InChI=1S/C21H26N2OS/c1-2-3-4-5-7-17-9-11-18(12-10-17)20(24)23-14-15-25-21(23)19-8-6-13-22-16-19/h6,8-13,16,21H,2-5,7,14-15H2,1H3. The van der Waals surface area contributed by atoms with Crippen molar-refractivity contribution in [2.75, 3.05) is 12.3 Å². The van der Waals surface area contributed by atoms with Crippen LogP contribution in [-0.2, 0) is 6.42 Å². The Morgan fingerprint density at radius 2 is 2.04 bits per heavy atom. The van der Waals surface area contributed by atoms with Crippen molar-refractivity contribution in [1.29, 1.82) is 0 Å². The number of unbranched alkanes of at least 4 members (excludes halogenated alkanes) is 3. The summed E-state index contributed by atoms with van der Waals surface area (Å²) >= 11 is 1.81. The monoisotopic (exact) mass is 354 g/mol. The second-order valence-electron chi connectivity index (χ2n) is 6.52. The maximum atomic E-state index is 12.9. The van der Waals surface area contributed by atoms with Gasteiger partial charge >= 0.3 is 0 Å². The molecule has 4 heteroatoms. The van der Waals surface area contributed by atoms with Crippen molar-refractivity contribution in [3.8, 4) is 0 Å². The van der Waals surface area contributed by atoms with Gasteiger partial charge in [-0.05, 0) is 36.6 Å². The molecule has 0 spiro atoms. The van der Waals surface area contributed by atoms with E-state index in [1.54, 1.807) is 6.20 Å². The van der Waals surface area contributed by atoms with Crippen LogP contribution in [0.5, 0.6) is 0 Å². The van der Waals surface area contributed by atoms with Crippen molar-refractivity contribution >= 4 is 17.7 Å². The second-order valence-corrected chi connectivity index (χ2v) is 7.70. The Hall–Kier alpha value is -1.81. The van der Waals surface area contributed by atoms with E-state index >= 15 is 0 Å². The van der Waals surface area contributed by atoms with Crippen molar-refractivity contribution in [2.45, 2.75) is 44.4 Å². The number of aryl methyl sites for hydroxylation is 1. The first kappa shape index (κ1) is 18.0. The van der Waals surface area contributed by atoms with Gasteiger partial charge in [-0.2, -0.15) is 0 Å². The topological polar surface area (TPSA) is 33.2 Å². The number of hydrogen-bond acceptors (Lipinski definition) is 3. The highest BCUT2D eigenvalue weighted by atomic mass is 32.2. The number of nitrogens with zero attached hydrogens (tertiary/aromatic N) is 2. The Labute approximate surface area is 154 Å². The Balaban J connectivity index is 1.64.